The van der Waals surface area contributed by atoms with Crippen LogP contribution in [0.4, 0.5) is 0 Å². The highest BCUT2D eigenvalue weighted by Gasteiger charge is 2.48. The van der Waals surface area contributed by atoms with E-state index in [-0.39, 0.29) is 5.60 Å². The molecule has 1 aromatic rings. The number of rotatable bonds is 1. The summed E-state index contributed by atoms with van der Waals surface area (Å²) >= 11 is 3.47. The SMILES string of the molecule is C=CC1(O)CC2(CCC(C)CC2)Oc2ccc(Br)cc21. The van der Waals surface area contributed by atoms with Crippen molar-refractivity contribution in [3.63, 3.8) is 0 Å². The molecule has 0 bridgehead atoms. The summed E-state index contributed by atoms with van der Waals surface area (Å²) < 4.78 is 7.28. The van der Waals surface area contributed by atoms with Crippen LogP contribution < -0.4 is 4.74 Å². The second-order valence-corrected chi connectivity index (χ2v) is 7.33. The third-order valence-electron chi connectivity index (χ3n) is 4.85. The molecule has 1 spiro atoms. The molecule has 1 heterocycles. The molecule has 1 aliphatic heterocycles. The Morgan fingerprint density at radius 3 is 2.75 bits per heavy atom. The fraction of sp³-hybridized carbons (Fsp3) is 0.529. The zero-order valence-corrected chi connectivity index (χ0v) is 13.4. The van der Waals surface area contributed by atoms with E-state index < -0.39 is 5.60 Å². The van der Waals surface area contributed by atoms with Crippen LogP contribution in [0.25, 0.3) is 0 Å². The summed E-state index contributed by atoms with van der Waals surface area (Å²) in [6.45, 7) is 6.15. The second kappa shape index (κ2) is 4.88. The minimum absolute atomic E-state index is 0.226. The highest BCUT2D eigenvalue weighted by atomic mass is 79.9. The van der Waals surface area contributed by atoms with Crippen LogP contribution in [0, 0.1) is 5.92 Å². The van der Waals surface area contributed by atoms with Gasteiger partial charge in [0, 0.05) is 16.5 Å². The normalized spacial score (nSPS) is 36.2. The summed E-state index contributed by atoms with van der Waals surface area (Å²) in [6, 6.07) is 5.86. The lowest BCUT2D eigenvalue weighted by molar-refractivity contribution is -0.0761. The molecule has 108 valence electrons. The third-order valence-corrected chi connectivity index (χ3v) is 5.34. The highest BCUT2D eigenvalue weighted by Crippen LogP contribution is 2.50. The third kappa shape index (κ3) is 2.31. The molecule has 1 fully saturated rings. The van der Waals surface area contributed by atoms with E-state index in [0.29, 0.717) is 6.42 Å². The maximum atomic E-state index is 11.0. The van der Waals surface area contributed by atoms with Crippen LogP contribution in [0.2, 0.25) is 0 Å². The van der Waals surface area contributed by atoms with Gasteiger partial charge in [0.05, 0.1) is 0 Å². The van der Waals surface area contributed by atoms with E-state index in [0.717, 1.165) is 34.5 Å². The molecule has 0 aromatic heterocycles. The van der Waals surface area contributed by atoms with Crippen LogP contribution in [-0.4, -0.2) is 10.7 Å². The highest BCUT2D eigenvalue weighted by molar-refractivity contribution is 9.10. The molecule has 1 saturated carbocycles. The number of aliphatic hydroxyl groups is 1. The van der Waals surface area contributed by atoms with Crippen LogP contribution >= 0.6 is 15.9 Å². The van der Waals surface area contributed by atoms with Crippen molar-refractivity contribution in [3.05, 3.63) is 40.9 Å². The summed E-state index contributed by atoms with van der Waals surface area (Å²) in [5.74, 6) is 1.56. The first kappa shape index (κ1) is 14.2. The Labute approximate surface area is 129 Å². The lowest BCUT2D eigenvalue weighted by atomic mass is 9.70. The summed E-state index contributed by atoms with van der Waals surface area (Å²) in [6.07, 6.45) is 6.64. The Morgan fingerprint density at radius 1 is 1.40 bits per heavy atom. The first-order chi connectivity index (χ1) is 9.46. The van der Waals surface area contributed by atoms with Gasteiger partial charge in [-0.15, -0.1) is 0 Å². The van der Waals surface area contributed by atoms with Gasteiger partial charge in [-0.3, -0.25) is 0 Å². The van der Waals surface area contributed by atoms with Gasteiger partial charge < -0.3 is 9.84 Å². The van der Waals surface area contributed by atoms with E-state index in [4.69, 9.17) is 4.74 Å². The Bertz CT molecular complexity index is 532. The van der Waals surface area contributed by atoms with E-state index in [9.17, 15) is 5.11 Å². The summed E-state index contributed by atoms with van der Waals surface area (Å²) in [7, 11) is 0. The van der Waals surface area contributed by atoms with Crippen molar-refractivity contribution in [2.75, 3.05) is 0 Å². The van der Waals surface area contributed by atoms with Crippen molar-refractivity contribution < 1.29 is 9.84 Å². The van der Waals surface area contributed by atoms with Gasteiger partial charge in [0.1, 0.15) is 17.0 Å². The first-order valence-electron chi connectivity index (χ1n) is 7.31. The van der Waals surface area contributed by atoms with Crippen molar-refractivity contribution in [1.29, 1.82) is 0 Å². The van der Waals surface area contributed by atoms with E-state index in [1.54, 1.807) is 6.08 Å². The van der Waals surface area contributed by atoms with E-state index in [2.05, 4.69) is 29.4 Å². The number of fused-ring (bicyclic) bond motifs is 1. The molecule has 0 saturated heterocycles. The number of ether oxygens (including phenoxy) is 1. The number of benzene rings is 1. The number of hydrogen-bond donors (Lipinski definition) is 1. The minimum atomic E-state index is -0.988. The first-order valence-corrected chi connectivity index (χ1v) is 8.11. The molecular formula is C17H21BrO2. The zero-order chi connectivity index (χ0) is 14.4. The van der Waals surface area contributed by atoms with Crippen LogP contribution in [0.15, 0.2) is 35.3 Å². The fourth-order valence-electron chi connectivity index (χ4n) is 3.53. The van der Waals surface area contributed by atoms with Crippen molar-refractivity contribution in [3.8, 4) is 5.75 Å². The standard InChI is InChI=1S/C17H21BrO2/c1-3-17(19)11-16(8-6-12(2)7-9-16)20-15-5-4-13(18)10-14(15)17/h3-5,10,12,19H,1,6-9,11H2,2H3. The minimum Gasteiger partial charge on any atom is -0.487 e. The zero-order valence-electron chi connectivity index (χ0n) is 11.9. The molecule has 3 heteroatoms. The van der Waals surface area contributed by atoms with Gasteiger partial charge in [0.25, 0.3) is 0 Å². The molecule has 1 atom stereocenters. The largest absolute Gasteiger partial charge is 0.487 e. The number of hydrogen-bond acceptors (Lipinski definition) is 2. The quantitative estimate of drug-likeness (QED) is 0.762. The fourth-order valence-corrected chi connectivity index (χ4v) is 3.90. The van der Waals surface area contributed by atoms with Crippen molar-refractivity contribution >= 4 is 15.9 Å². The average Bonchev–Trinajstić information content (AvgIpc) is 2.44. The molecule has 0 amide bonds. The van der Waals surface area contributed by atoms with Gasteiger partial charge in [0.2, 0.25) is 0 Å². The van der Waals surface area contributed by atoms with Crippen molar-refractivity contribution in [1.82, 2.24) is 0 Å². The smallest absolute Gasteiger partial charge is 0.126 e. The molecule has 1 N–H and O–H groups in total. The van der Waals surface area contributed by atoms with Crippen molar-refractivity contribution in [2.24, 2.45) is 5.92 Å². The maximum absolute atomic E-state index is 11.0. The molecule has 1 aliphatic carbocycles. The van der Waals surface area contributed by atoms with Crippen LogP contribution in [-0.2, 0) is 5.60 Å². The molecule has 20 heavy (non-hydrogen) atoms. The Hall–Kier alpha value is -0.800. The second-order valence-electron chi connectivity index (χ2n) is 6.41. The Balaban J connectivity index is 2.02. The van der Waals surface area contributed by atoms with E-state index in [1.807, 2.05) is 18.2 Å². The van der Waals surface area contributed by atoms with Crippen molar-refractivity contribution in [2.45, 2.75) is 50.2 Å². The predicted molar refractivity (Wildman–Crippen MR) is 83.8 cm³/mol. The molecule has 0 radical (unpaired) electrons. The molecule has 3 rings (SSSR count). The molecular weight excluding hydrogens is 316 g/mol. The van der Waals surface area contributed by atoms with Gasteiger partial charge in [0.15, 0.2) is 0 Å². The van der Waals surface area contributed by atoms with Crippen LogP contribution in [0.3, 0.4) is 0 Å². The molecule has 2 nitrogen and oxygen atoms in total. The van der Waals surface area contributed by atoms with Crippen LogP contribution in [0.1, 0.15) is 44.6 Å². The van der Waals surface area contributed by atoms with E-state index in [1.165, 1.54) is 12.8 Å². The van der Waals surface area contributed by atoms with Gasteiger partial charge >= 0.3 is 0 Å². The van der Waals surface area contributed by atoms with Gasteiger partial charge in [-0.05, 0) is 49.8 Å². The molecule has 2 aliphatic rings. The molecule has 1 aromatic carbocycles. The lowest BCUT2D eigenvalue weighted by Gasteiger charge is -2.48. The van der Waals surface area contributed by atoms with Gasteiger partial charge in [-0.25, -0.2) is 0 Å². The van der Waals surface area contributed by atoms with Gasteiger partial charge in [-0.2, -0.15) is 0 Å². The summed E-state index contributed by atoms with van der Waals surface area (Å²) in [5.41, 5.74) is -0.389. The summed E-state index contributed by atoms with van der Waals surface area (Å²) in [5, 5.41) is 11.0. The monoisotopic (exact) mass is 336 g/mol. The Morgan fingerprint density at radius 2 is 2.10 bits per heavy atom. The van der Waals surface area contributed by atoms with Gasteiger partial charge in [-0.1, -0.05) is 35.5 Å². The van der Waals surface area contributed by atoms with E-state index >= 15 is 0 Å². The number of halogens is 1. The Kier molecular flexibility index (Phi) is 3.46. The predicted octanol–water partition coefficient (Wildman–Crippen LogP) is 4.55. The molecule has 1 unspecified atom stereocenters. The topological polar surface area (TPSA) is 29.5 Å². The lowest BCUT2D eigenvalue weighted by Crippen LogP contribution is -2.49. The summed E-state index contributed by atoms with van der Waals surface area (Å²) in [4.78, 5) is 0. The average molecular weight is 337 g/mol. The van der Waals surface area contributed by atoms with Crippen LogP contribution in [0.5, 0.6) is 5.75 Å². The maximum Gasteiger partial charge on any atom is 0.126 e.